The number of hydrogen-bond donors (Lipinski definition) is 1. The van der Waals surface area contributed by atoms with Crippen LogP contribution in [0.3, 0.4) is 0 Å². The first-order chi connectivity index (χ1) is 8.93. The molecule has 1 aromatic carbocycles. The molecule has 1 aliphatic rings. The molecule has 0 radical (unpaired) electrons. The van der Waals surface area contributed by atoms with Gasteiger partial charge in [-0.05, 0) is 48.0 Å². The normalized spacial score (nSPS) is 15.6. The lowest BCUT2D eigenvalue weighted by molar-refractivity contribution is 0.341. The first-order valence-electron chi connectivity index (χ1n) is 6.11. The summed E-state index contributed by atoms with van der Waals surface area (Å²) in [5.41, 5.74) is 1.01. The Hall–Kier alpha value is -1.40. The predicted molar refractivity (Wildman–Crippen MR) is 70.9 cm³/mol. The van der Waals surface area contributed by atoms with E-state index in [1.807, 2.05) is 30.3 Å². The summed E-state index contributed by atoms with van der Waals surface area (Å²) in [4.78, 5) is 0. The molecule has 0 bridgehead atoms. The summed E-state index contributed by atoms with van der Waals surface area (Å²) in [7, 11) is 0. The first kappa shape index (κ1) is 11.7. The van der Waals surface area contributed by atoms with E-state index in [4.69, 9.17) is 0 Å². The number of para-hydroxylation sites is 1. The van der Waals surface area contributed by atoms with Gasteiger partial charge in [0.15, 0.2) is 0 Å². The molecule has 0 unspecified atom stereocenters. The predicted octanol–water partition coefficient (Wildman–Crippen LogP) is 1.36. The standard InChI is InChI=1S/C12H15N5S/c1-2-4-11(5-3-1)17-12(14-15-16-17)18-7-6-10-8-13-9-10/h1-5,10,13H,6-9H2. The molecule has 0 atom stereocenters. The largest absolute Gasteiger partial charge is 0.316 e. The third kappa shape index (κ3) is 2.54. The van der Waals surface area contributed by atoms with Crippen LogP contribution in [0.2, 0.25) is 0 Å². The molecule has 94 valence electrons. The third-order valence-corrected chi connectivity index (χ3v) is 4.02. The summed E-state index contributed by atoms with van der Waals surface area (Å²) in [6.45, 7) is 2.31. The summed E-state index contributed by atoms with van der Waals surface area (Å²) in [6.07, 6.45) is 1.22. The lowest BCUT2D eigenvalue weighted by atomic mass is 10.0. The van der Waals surface area contributed by atoms with Crippen LogP contribution >= 0.6 is 11.8 Å². The molecule has 1 aromatic heterocycles. The Morgan fingerprint density at radius 3 is 2.83 bits per heavy atom. The number of thioether (sulfide) groups is 1. The first-order valence-corrected chi connectivity index (χ1v) is 7.09. The number of benzene rings is 1. The van der Waals surface area contributed by atoms with Crippen molar-refractivity contribution < 1.29 is 0 Å². The highest BCUT2D eigenvalue weighted by atomic mass is 32.2. The summed E-state index contributed by atoms with van der Waals surface area (Å²) in [6, 6.07) is 9.99. The second-order valence-corrected chi connectivity index (χ2v) is 5.43. The van der Waals surface area contributed by atoms with E-state index in [9.17, 15) is 0 Å². The van der Waals surface area contributed by atoms with Gasteiger partial charge in [0.05, 0.1) is 5.69 Å². The molecule has 0 amide bonds. The quantitative estimate of drug-likeness (QED) is 0.824. The van der Waals surface area contributed by atoms with Crippen molar-refractivity contribution in [1.29, 1.82) is 0 Å². The summed E-state index contributed by atoms with van der Waals surface area (Å²) in [5.74, 6) is 1.90. The van der Waals surface area contributed by atoms with Crippen molar-refractivity contribution >= 4 is 11.8 Å². The van der Waals surface area contributed by atoms with Crippen molar-refractivity contribution in [2.24, 2.45) is 5.92 Å². The molecule has 2 aromatic rings. The van der Waals surface area contributed by atoms with Crippen LogP contribution in [0.1, 0.15) is 6.42 Å². The fourth-order valence-electron chi connectivity index (χ4n) is 1.87. The second kappa shape index (κ2) is 5.49. The maximum absolute atomic E-state index is 4.08. The van der Waals surface area contributed by atoms with Gasteiger partial charge in [0.2, 0.25) is 5.16 Å². The van der Waals surface area contributed by atoms with Crippen LogP contribution in [0.15, 0.2) is 35.5 Å². The highest BCUT2D eigenvalue weighted by Crippen LogP contribution is 2.21. The van der Waals surface area contributed by atoms with Crippen molar-refractivity contribution in [2.45, 2.75) is 11.6 Å². The van der Waals surface area contributed by atoms with Crippen molar-refractivity contribution in [2.75, 3.05) is 18.8 Å². The van der Waals surface area contributed by atoms with Crippen LogP contribution < -0.4 is 5.32 Å². The highest BCUT2D eigenvalue weighted by Gasteiger charge is 2.17. The van der Waals surface area contributed by atoms with E-state index >= 15 is 0 Å². The summed E-state index contributed by atoms with van der Waals surface area (Å²) in [5, 5.41) is 16.0. The van der Waals surface area contributed by atoms with E-state index in [2.05, 4.69) is 20.8 Å². The fourth-order valence-corrected chi connectivity index (χ4v) is 2.86. The molecule has 1 aliphatic heterocycles. The topological polar surface area (TPSA) is 55.6 Å². The van der Waals surface area contributed by atoms with E-state index in [1.54, 1.807) is 16.4 Å². The number of nitrogens with zero attached hydrogens (tertiary/aromatic N) is 4. The van der Waals surface area contributed by atoms with E-state index in [-0.39, 0.29) is 0 Å². The molecule has 0 spiro atoms. The molecule has 1 saturated heterocycles. The number of hydrogen-bond acceptors (Lipinski definition) is 5. The van der Waals surface area contributed by atoms with Gasteiger partial charge in [-0.15, -0.1) is 5.10 Å². The zero-order chi connectivity index (χ0) is 12.2. The van der Waals surface area contributed by atoms with Gasteiger partial charge in [0, 0.05) is 5.75 Å². The van der Waals surface area contributed by atoms with Crippen LogP contribution in [-0.2, 0) is 0 Å². The summed E-state index contributed by atoms with van der Waals surface area (Å²) >= 11 is 1.73. The van der Waals surface area contributed by atoms with Gasteiger partial charge < -0.3 is 5.32 Å². The second-order valence-electron chi connectivity index (χ2n) is 4.37. The zero-order valence-corrected chi connectivity index (χ0v) is 10.8. The van der Waals surface area contributed by atoms with Crippen LogP contribution in [0.5, 0.6) is 0 Å². The van der Waals surface area contributed by atoms with Crippen molar-refractivity contribution in [3.05, 3.63) is 30.3 Å². The maximum atomic E-state index is 4.08. The van der Waals surface area contributed by atoms with Crippen LogP contribution in [0, 0.1) is 5.92 Å². The average molecular weight is 261 g/mol. The maximum Gasteiger partial charge on any atom is 0.214 e. The van der Waals surface area contributed by atoms with Gasteiger partial charge in [-0.3, -0.25) is 0 Å². The van der Waals surface area contributed by atoms with Gasteiger partial charge in [0.25, 0.3) is 0 Å². The molecule has 2 heterocycles. The Bertz CT molecular complexity index is 494. The van der Waals surface area contributed by atoms with Gasteiger partial charge in [-0.1, -0.05) is 30.0 Å². The number of nitrogens with one attached hydrogen (secondary N) is 1. The smallest absolute Gasteiger partial charge is 0.214 e. The Morgan fingerprint density at radius 2 is 2.11 bits per heavy atom. The number of aromatic nitrogens is 4. The Morgan fingerprint density at radius 1 is 1.28 bits per heavy atom. The van der Waals surface area contributed by atoms with Crippen LogP contribution in [-0.4, -0.2) is 39.0 Å². The molecule has 6 heteroatoms. The lowest BCUT2D eigenvalue weighted by Gasteiger charge is -2.26. The fraction of sp³-hybridized carbons (Fsp3) is 0.417. The minimum Gasteiger partial charge on any atom is -0.316 e. The Balaban J connectivity index is 1.64. The SMILES string of the molecule is c1ccc(-n2nnnc2SCCC2CNC2)cc1. The van der Waals surface area contributed by atoms with E-state index < -0.39 is 0 Å². The Kier molecular flexibility index (Phi) is 3.56. The van der Waals surface area contributed by atoms with Crippen LogP contribution in [0.25, 0.3) is 5.69 Å². The van der Waals surface area contributed by atoms with Crippen molar-refractivity contribution in [3.63, 3.8) is 0 Å². The van der Waals surface area contributed by atoms with Gasteiger partial charge in [-0.2, -0.15) is 4.68 Å². The molecule has 5 nitrogen and oxygen atoms in total. The number of tetrazole rings is 1. The van der Waals surface area contributed by atoms with Gasteiger partial charge >= 0.3 is 0 Å². The van der Waals surface area contributed by atoms with Crippen molar-refractivity contribution in [3.8, 4) is 5.69 Å². The minimum absolute atomic E-state index is 0.832. The molecular weight excluding hydrogens is 246 g/mol. The lowest BCUT2D eigenvalue weighted by Crippen LogP contribution is -2.42. The Labute approximate surface area is 110 Å². The number of rotatable bonds is 5. The van der Waals surface area contributed by atoms with E-state index in [0.717, 1.165) is 35.6 Å². The monoisotopic (exact) mass is 261 g/mol. The molecule has 1 N–H and O–H groups in total. The van der Waals surface area contributed by atoms with Crippen LogP contribution in [0.4, 0.5) is 0 Å². The minimum atomic E-state index is 0.832. The van der Waals surface area contributed by atoms with E-state index in [0.29, 0.717) is 0 Å². The van der Waals surface area contributed by atoms with Gasteiger partial charge in [-0.25, -0.2) is 0 Å². The summed E-state index contributed by atoms with van der Waals surface area (Å²) < 4.78 is 1.80. The highest BCUT2D eigenvalue weighted by molar-refractivity contribution is 7.99. The zero-order valence-electron chi connectivity index (χ0n) is 9.99. The van der Waals surface area contributed by atoms with E-state index in [1.165, 1.54) is 6.42 Å². The molecular formula is C12H15N5S. The van der Waals surface area contributed by atoms with Gasteiger partial charge in [0.1, 0.15) is 0 Å². The molecule has 1 fully saturated rings. The molecule has 0 saturated carbocycles. The molecule has 0 aliphatic carbocycles. The third-order valence-electron chi connectivity index (χ3n) is 3.06. The molecule has 3 rings (SSSR count). The van der Waals surface area contributed by atoms with Crippen molar-refractivity contribution in [1.82, 2.24) is 25.5 Å². The molecule has 18 heavy (non-hydrogen) atoms. The average Bonchev–Trinajstić information content (AvgIpc) is 2.82.